The highest BCUT2D eigenvalue weighted by atomic mass is 32.2. The molecule has 0 aliphatic rings. The number of hydrogen-bond donors (Lipinski definition) is 3. The van der Waals surface area contributed by atoms with Crippen LogP contribution in [0.4, 0.5) is 5.69 Å². The molecule has 0 radical (unpaired) electrons. The normalized spacial score (nSPS) is 11.5. The fourth-order valence-corrected chi connectivity index (χ4v) is 3.52. The highest BCUT2D eigenvalue weighted by molar-refractivity contribution is 7.89. The van der Waals surface area contributed by atoms with Crippen molar-refractivity contribution in [2.75, 3.05) is 5.32 Å². The van der Waals surface area contributed by atoms with Gasteiger partial charge in [0.05, 0.1) is 17.7 Å². The first-order valence-electron chi connectivity index (χ1n) is 8.72. The van der Waals surface area contributed by atoms with Crippen LogP contribution < -0.4 is 15.5 Å². The summed E-state index contributed by atoms with van der Waals surface area (Å²) in [7, 11) is -3.61. The van der Waals surface area contributed by atoms with Crippen LogP contribution in [0.15, 0.2) is 81.1 Å². The summed E-state index contributed by atoms with van der Waals surface area (Å²) in [5.74, 6) is 0.927. The van der Waals surface area contributed by atoms with Crippen LogP contribution in [0.25, 0.3) is 0 Å². The number of nitrogens with zero attached hydrogens (tertiary/aromatic N) is 1. The molecular formula is C20H20N4O3S2. The van der Waals surface area contributed by atoms with Crippen LogP contribution in [0, 0.1) is 6.92 Å². The SMILES string of the molecule is Cc1ccc(S(=O)(=O)NCc2ccc(/C=N/NC(=S)Nc3ccccc3)o2)cc1. The molecule has 3 N–H and O–H groups in total. The van der Waals surface area contributed by atoms with Gasteiger partial charge >= 0.3 is 0 Å². The second-order valence-electron chi connectivity index (χ2n) is 6.13. The van der Waals surface area contributed by atoms with E-state index in [1.165, 1.54) is 6.21 Å². The quantitative estimate of drug-likeness (QED) is 0.303. The van der Waals surface area contributed by atoms with Crippen LogP contribution in [0.5, 0.6) is 0 Å². The van der Waals surface area contributed by atoms with Crippen molar-refractivity contribution in [3.63, 3.8) is 0 Å². The predicted octanol–water partition coefficient (Wildman–Crippen LogP) is 3.39. The molecule has 0 spiro atoms. The Morgan fingerprint density at radius 3 is 2.52 bits per heavy atom. The Balaban J connectivity index is 1.50. The second-order valence-corrected chi connectivity index (χ2v) is 8.31. The first kappa shape index (κ1) is 20.7. The van der Waals surface area contributed by atoms with E-state index >= 15 is 0 Å². The van der Waals surface area contributed by atoms with Crippen LogP contribution in [-0.4, -0.2) is 19.7 Å². The molecule has 0 bridgehead atoms. The van der Waals surface area contributed by atoms with Crippen molar-refractivity contribution in [2.45, 2.75) is 18.4 Å². The molecule has 1 aromatic heterocycles. The molecule has 1 heterocycles. The summed E-state index contributed by atoms with van der Waals surface area (Å²) >= 11 is 5.15. The Hall–Kier alpha value is -3.01. The summed E-state index contributed by atoms with van der Waals surface area (Å²) in [6.07, 6.45) is 1.46. The van der Waals surface area contributed by atoms with Gasteiger partial charge in [-0.2, -0.15) is 5.10 Å². The van der Waals surface area contributed by atoms with Gasteiger partial charge in [-0.25, -0.2) is 13.1 Å². The van der Waals surface area contributed by atoms with E-state index in [-0.39, 0.29) is 11.4 Å². The maximum Gasteiger partial charge on any atom is 0.240 e. The number of furan rings is 1. The standard InChI is InChI=1S/C20H20N4O3S2/c1-15-7-11-19(12-8-15)29(25,26)22-14-18-10-9-17(27-18)13-21-24-20(28)23-16-5-3-2-4-6-16/h2-13,22H,14H2,1H3,(H2,23,24,28)/b21-13+. The minimum atomic E-state index is -3.61. The zero-order chi connectivity index (χ0) is 20.7. The molecule has 3 aromatic rings. The number of nitrogens with one attached hydrogen (secondary N) is 3. The van der Waals surface area contributed by atoms with Crippen molar-refractivity contribution in [3.8, 4) is 0 Å². The molecular weight excluding hydrogens is 408 g/mol. The summed E-state index contributed by atoms with van der Waals surface area (Å²) in [4.78, 5) is 0.208. The number of thiocarbonyl (C=S) groups is 1. The summed E-state index contributed by atoms with van der Waals surface area (Å²) in [5, 5.41) is 7.33. The average molecular weight is 429 g/mol. The number of hydrogen-bond acceptors (Lipinski definition) is 5. The lowest BCUT2D eigenvalue weighted by Gasteiger charge is -2.06. The smallest absolute Gasteiger partial charge is 0.240 e. The number of para-hydroxylation sites is 1. The van der Waals surface area contributed by atoms with Crippen LogP contribution in [0.2, 0.25) is 0 Å². The van der Waals surface area contributed by atoms with E-state index in [4.69, 9.17) is 16.6 Å². The zero-order valence-electron chi connectivity index (χ0n) is 15.6. The Morgan fingerprint density at radius 1 is 1.07 bits per heavy atom. The second kappa shape index (κ2) is 9.46. The third-order valence-electron chi connectivity index (χ3n) is 3.84. The fourth-order valence-electron chi connectivity index (χ4n) is 2.36. The van der Waals surface area contributed by atoms with E-state index in [0.717, 1.165) is 11.3 Å². The van der Waals surface area contributed by atoms with E-state index in [1.807, 2.05) is 37.3 Å². The Labute approximate surface area is 174 Å². The van der Waals surface area contributed by atoms with E-state index in [9.17, 15) is 8.42 Å². The predicted molar refractivity (Wildman–Crippen MR) is 117 cm³/mol. The maximum atomic E-state index is 12.3. The fraction of sp³-hybridized carbons (Fsp3) is 0.100. The topological polar surface area (TPSA) is 95.7 Å². The van der Waals surface area contributed by atoms with Gasteiger partial charge in [-0.05, 0) is 55.5 Å². The number of benzene rings is 2. The van der Waals surface area contributed by atoms with E-state index < -0.39 is 10.0 Å². The lowest BCUT2D eigenvalue weighted by atomic mass is 10.2. The number of hydrazone groups is 1. The zero-order valence-corrected chi connectivity index (χ0v) is 17.3. The molecule has 0 fully saturated rings. The average Bonchev–Trinajstić information content (AvgIpc) is 3.15. The molecule has 0 aliphatic carbocycles. The molecule has 3 rings (SSSR count). The first-order valence-corrected chi connectivity index (χ1v) is 10.6. The van der Waals surface area contributed by atoms with Crippen molar-refractivity contribution in [1.29, 1.82) is 0 Å². The van der Waals surface area contributed by atoms with Crippen molar-refractivity contribution >= 4 is 39.3 Å². The van der Waals surface area contributed by atoms with Gasteiger partial charge in [0.25, 0.3) is 0 Å². The lowest BCUT2D eigenvalue weighted by Crippen LogP contribution is -2.23. The number of aryl methyl sites for hydroxylation is 1. The summed E-state index contributed by atoms with van der Waals surface area (Å²) < 4.78 is 32.7. The Kier molecular flexibility index (Phi) is 6.76. The van der Waals surface area contributed by atoms with Crippen molar-refractivity contribution in [2.24, 2.45) is 5.10 Å². The van der Waals surface area contributed by atoms with Crippen LogP contribution in [-0.2, 0) is 16.6 Å². The molecule has 0 aliphatic heterocycles. The van der Waals surface area contributed by atoms with Gasteiger partial charge < -0.3 is 9.73 Å². The van der Waals surface area contributed by atoms with Gasteiger partial charge in [-0.1, -0.05) is 35.9 Å². The van der Waals surface area contributed by atoms with Gasteiger partial charge in [0, 0.05) is 5.69 Å². The monoisotopic (exact) mass is 428 g/mol. The Bertz CT molecular complexity index is 1090. The number of sulfonamides is 1. The lowest BCUT2D eigenvalue weighted by molar-refractivity contribution is 0.493. The number of anilines is 1. The molecule has 0 unspecified atom stereocenters. The van der Waals surface area contributed by atoms with Gasteiger partial charge in [-0.15, -0.1) is 0 Å². The molecule has 0 saturated carbocycles. The van der Waals surface area contributed by atoms with E-state index in [2.05, 4.69) is 20.6 Å². The maximum absolute atomic E-state index is 12.3. The summed E-state index contributed by atoms with van der Waals surface area (Å²) in [6, 6.07) is 19.5. The molecule has 2 aromatic carbocycles. The molecule has 0 atom stereocenters. The third kappa shape index (κ3) is 6.24. The molecule has 0 amide bonds. The highest BCUT2D eigenvalue weighted by Crippen LogP contribution is 2.12. The van der Waals surface area contributed by atoms with Crippen molar-refractivity contribution < 1.29 is 12.8 Å². The van der Waals surface area contributed by atoms with Gasteiger partial charge in [0.2, 0.25) is 10.0 Å². The molecule has 0 saturated heterocycles. The van der Waals surface area contributed by atoms with E-state index in [0.29, 0.717) is 16.6 Å². The Morgan fingerprint density at radius 2 is 1.79 bits per heavy atom. The summed E-state index contributed by atoms with van der Waals surface area (Å²) in [5.41, 5.74) is 4.53. The van der Waals surface area contributed by atoms with Gasteiger partial charge in [0.1, 0.15) is 11.5 Å². The molecule has 29 heavy (non-hydrogen) atoms. The van der Waals surface area contributed by atoms with Crippen molar-refractivity contribution in [3.05, 3.63) is 83.8 Å². The van der Waals surface area contributed by atoms with Crippen LogP contribution in [0.1, 0.15) is 17.1 Å². The van der Waals surface area contributed by atoms with Gasteiger partial charge in [0.15, 0.2) is 5.11 Å². The minimum Gasteiger partial charge on any atom is -0.459 e. The molecule has 9 heteroatoms. The summed E-state index contributed by atoms with van der Waals surface area (Å²) in [6.45, 7) is 1.93. The van der Waals surface area contributed by atoms with Crippen LogP contribution in [0.3, 0.4) is 0 Å². The minimum absolute atomic E-state index is 0.0332. The molecule has 7 nitrogen and oxygen atoms in total. The van der Waals surface area contributed by atoms with Crippen molar-refractivity contribution in [1.82, 2.24) is 10.1 Å². The van der Waals surface area contributed by atoms with Gasteiger partial charge in [-0.3, -0.25) is 5.43 Å². The first-order chi connectivity index (χ1) is 13.9. The third-order valence-corrected chi connectivity index (χ3v) is 5.45. The number of rotatable bonds is 7. The molecule has 150 valence electrons. The highest BCUT2D eigenvalue weighted by Gasteiger charge is 2.14. The largest absolute Gasteiger partial charge is 0.459 e. The van der Waals surface area contributed by atoms with E-state index in [1.54, 1.807) is 36.4 Å². The van der Waals surface area contributed by atoms with Crippen LogP contribution >= 0.6 is 12.2 Å².